The van der Waals surface area contributed by atoms with E-state index in [0.717, 1.165) is 4.88 Å². The quantitative estimate of drug-likeness (QED) is 0.863. The average molecular weight is 230 g/mol. The van der Waals surface area contributed by atoms with Crippen LogP contribution in [0.5, 0.6) is 5.88 Å². The van der Waals surface area contributed by atoms with Crippen molar-refractivity contribution in [1.29, 1.82) is 0 Å². The Morgan fingerprint density at radius 3 is 3.14 bits per heavy atom. The Bertz CT molecular complexity index is 297. The summed E-state index contributed by atoms with van der Waals surface area (Å²) in [5.41, 5.74) is 6.16. The highest BCUT2D eigenvalue weighted by atomic mass is 32.2. The lowest BCUT2D eigenvalue weighted by atomic mass is 10.1. The van der Waals surface area contributed by atoms with E-state index >= 15 is 0 Å². The number of methoxy groups -OCH3 is 1. The summed E-state index contributed by atoms with van der Waals surface area (Å²) >= 11 is 3.43. The van der Waals surface area contributed by atoms with E-state index in [-0.39, 0.29) is 6.04 Å². The van der Waals surface area contributed by atoms with E-state index in [4.69, 9.17) is 10.5 Å². The Kier molecular flexibility index (Phi) is 3.30. The van der Waals surface area contributed by atoms with Crippen LogP contribution in [-0.4, -0.2) is 22.5 Å². The Hall–Kier alpha value is -0.260. The van der Waals surface area contributed by atoms with Gasteiger partial charge in [-0.15, -0.1) is 0 Å². The first-order valence-corrected chi connectivity index (χ1v) is 6.51. The zero-order chi connectivity index (χ0) is 9.97. The molecule has 3 nitrogen and oxygen atoms in total. The number of nitrogens with two attached hydrogens (primary N) is 1. The lowest BCUT2D eigenvalue weighted by Crippen LogP contribution is -2.20. The summed E-state index contributed by atoms with van der Waals surface area (Å²) in [7, 11) is 1.63. The highest BCUT2D eigenvalue weighted by Crippen LogP contribution is 2.36. The summed E-state index contributed by atoms with van der Waals surface area (Å²) in [6.45, 7) is 0. The number of ether oxygens (including phenoxy) is 1. The average Bonchev–Trinajstić information content (AvgIpc) is 2.88. The Morgan fingerprint density at radius 1 is 1.71 bits per heavy atom. The molecule has 2 unspecified atom stereocenters. The Morgan fingerprint density at radius 2 is 2.57 bits per heavy atom. The van der Waals surface area contributed by atoms with Gasteiger partial charge in [0.25, 0.3) is 0 Å². The predicted octanol–water partition coefficient (Wildman–Crippen LogP) is 2.05. The van der Waals surface area contributed by atoms with Crippen molar-refractivity contribution in [2.45, 2.75) is 24.1 Å². The molecule has 1 fully saturated rings. The van der Waals surface area contributed by atoms with Gasteiger partial charge in [0.2, 0.25) is 5.88 Å². The fourth-order valence-electron chi connectivity index (χ4n) is 1.59. The number of hydrogen-bond acceptors (Lipinski definition) is 5. The molecule has 1 aromatic heterocycles. The molecule has 1 saturated heterocycles. The summed E-state index contributed by atoms with van der Waals surface area (Å²) in [6, 6.07) is 2.08. The second-order valence-corrected chi connectivity index (χ2v) is 5.53. The zero-order valence-electron chi connectivity index (χ0n) is 8.10. The molecule has 78 valence electrons. The molecule has 1 aromatic rings. The molecule has 1 aliphatic heterocycles. The summed E-state index contributed by atoms with van der Waals surface area (Å²) in [5, 5.41) is 0.570. The molecule has 2 N–H and O–H groups in total. The molecular weight excluding hydrogens is 216 g/mol. The lowest BCUT2D eigenvalue weighted by molar-refractivity contribution is 0.402. The number of rotatable bonds is 3. The molecule has 0 bridgehead atoms. The van der Waals surface area contributed by atoms with Gasteiger partial charge < -0.3 is 10.5 Å². The van der Waals surface area contributed by atoms with Crippen LogP contribution in [0.4, 0.5) is 0 Å². The van der Waals surface area contributed by atoms with Crippen molar-refractivity contribution in [3.05, 3.63) is 10.9 Å². The molecule has 0 spiro atoms. The van der Waals surface area contributed by atoms with E-state index in [0.29, 0.717) is 11.1 Å². The minimum Gasteiger partial charge on any atom is -0.480 e. The fourth-order valence-corrected chi connectivity index (χ4v) is 3.77. The number of aromatic nitrogens is 1. The topological polar surface area (TPSA) is 48.1 Å². The van der Waals surface area contributed by atoms with Gasteiger partial charge in [0.05, 0.1) is 13.2 Å². The van der Waals surface area contributed by atoms with Gasteiger partial charge in [-0.25, -0.2) is 0 Å². The molecule has 5 heteroatoms. The molecule has 14 heavy (non-hydrogen) atoms. The maximum absolute atomic E-state index is 6.16. The maximum atomic E-state index is 6.16. The van der Waals surface area contributed by atoms with Gasteiger partial charge in [0.15, 0.2) is 0 Å². The number of nitrogens with zero attached hydrogens (tertiary/aromatic N) is 1. The second kappa shape index (κ2) is 4.51. The standard InChI is InChI=1S/C9H14N2OS2/c1-12-8-5-7(14-11-8)9(10)6-3-2-4-13-6/h5-6,9H,2-4,10H2,1H3. The molecule has 0 aliphatic carbocycles. The monoisotopic (exact) mass is 230 g/mol. The maximum Gasteiger partial charge on any atom is 0.225 e. The third-order valence-electron chi connectivity index (χ3n) is 2.41. The molecule has 0 saturated carbocycles. The minimum absolute atomic E-state index is 0.129. The molecule has 2 heterocycles. The Labute approximate surface area is 92.2 Å². The molecule has 1 aliphatic rings. The van der Waals surface area contributed by atoms with Crippen LogP contribution in [0, 0.1) is 0 Å². The van der Waals surface area contributed by atoms with Crippen LogP contribution >= 0.6 is 23.3 Å². The van der Waals surface area contributed by atoms with Crippen molar-refractivity contribution in [2.24, 2.45) is 5.73 Å². The fraction of sp³-hybridized carbons (Fsp3) is 0.667. The number of thioether (sulfide) groups is 1. The van der Waals surface area contributed by atoms with Gasteiger partial charge in [-0.3, -0.25) is 0 Å². The summed E-state index contributed by atoms with van der Waals surface area (Å²) in [6.07, 6.45) is 2.52. The van der Waals surface area contributed by atoms with Crippen LogP contribution in [0.3, 0.4) is 0 Å². The molecule has 2 rings (SSSR count). The first-order chi connectivity index (χ1) is 6.81. The van der Waals surface area contributed by atoms with Crippen LogP contribution < -0.4 is 10.5 Å². The van der Waals surface area contributed by atoms with Crippen LogP contribution in [0.2, 0.25) is 0 Å². The van der Waals surface area contributed by atoms with Crippen molar-refractivity contribution >= 4 is 23.3 Å². The molecular formula is C9H14N2OS2. The van der Waals surface area contributed by atoms with E-state index in [9.17, 15) is 0 Å². The largest absolute Gasteiger partial charge is 0.480 e. The number of hydrogen-bond donors (Lipinski definition) is 1. The van der Waals surface area contributed by atoms with Gasteiger partial charge >= 0.3 is 0 Å². The third kappa shape index (κ3) is 2.04. The van der Waals surface area contributed by atoms with Crippen LogP contribution in [0.15, 0.2) is 6.07 Å². The third-order valence-corrected chi connectivity index (χ3v) is 4.76. The Balaban J connectivity index is 2.05. The van der Waals surface area contributed by atoms with E-state index < -0.39 is 0 Å². The first kappa shape index (κ1) is 10.3. The van der Waals surface area contributed by atoms with Crippen molar-refractivity contribution < 1.29 is 4.74 Å². The van der Waals surface area contributed by atoms with E-state index in [2.05, 4.69) is 4.37 Å². The zero-order valence-corrected chi connectivity index (χ0v) is 9.74. The van der Waals surface area contributed by atoms with Gasteiger partial charge in [0, 0.05) is 16.2 Å². The van der Waals surface area contributed by atoms with Crippen molar-refractivity contribution in [3.63, 3.8) is 0 Å². The van der Waals surface area contributed by atoms with Gasteiger partial charge in [-0.05, 0) is 30.1 Å². The van der Waals surface area contributed by atoms with Crippen molar-refractivity contribution in [2.75, 3.05) is 12.9 Å². The van der Waals surface area contributed by atoms with E-state index in [1.165, 1.54) is 30.1 Å². The van der Waals surface area contributed by atoms with E-state index in [1.54, 1.807) is 7.11 Å². The van der Waals surface area contributed by atoms with Gasteiger partial charge in [0.1, 0.15) is 0 Å². The summed E-state index contributed by atoms with van der Waals surface area (Å²) in [5.74, 6) is 1.93. The van der Waals surface area contributed by atoms with Gasteiger partial charge in [-0.1, -0.05) is 0 Å². The van der Waals surface area contributed by atoms with Gasteiger partial charge in [-0.2, -0.15) is 16.1 Å². The second-order valence-electron chi connectivity index (χ2n) is 3.35. The molecule has 2 atom stereocenters. The highest BCUT2D eigenvalue weighted by Gasteiger charge is 2.25. The molecule has 0 radical (unpaired) electrons. The van der Waals surface area contributed by atoms with Crippen LogP contribution in [-0.2, 0) is 0 Å². The normalized spacial score (nSPS) is 23.7. The van der Waals surface area contributed by atoms with Crippen LogP contribution in [0.1, 0.15) is 23.8 Å². The highest BCUT2D eigenvalue weighted by molar-refractivity contribution is 8.00. The predicted molar refractivity (Wildman–Crippen MR) is 61.1 cm³/mol. The summed E-state index contributed by atoms with van der Waals surface area (Å²) < 4.78 is 9.20. The van der Waals surface area contributed by atoms with Crippen molar-refractivity contribution in [1.82, 2.24) is 4.37 Å². The lowest BCUT2D eigenvalue weighted by Gasteiger charge is -2.15. The van der Waals surface area contributed by atoms with E-state index in [1.807, 2.05) is 17.8 Å². The summed E-state index contributed by atoms with van der Waals surface area (Å²) in [4.78, 5) is 1.14. The SMILES string of the molecule is COc1cc(C(N)C2CCCS2)sn1. The first-order valence-electron chi connectivity index (χ1n) is 4.69. The molecule has 0 amide bonds. The minimum atomic E-state index is 0.129. The van der Waals surface area contributed by atoms with Crippen LogP contribution in [0.25, 0.3) is 0 Å². The molecule has 0 aromatic carbocycles. The smallest absolute Gasteiger partial charge is 0.225 e. The van der Waals surface area contributed by atoms with Crippen molar-refractivity contribution in [3.8, 4) is 5.88 Å².